The van der Waals surface area contributed by atoms with Gasteiger partial charge in [-0.2, -0.15) is 4.31 Å². The van der Waals surface area contributed by atoms with Crippen molar-refractivity contribution < 1.29 is 18.0 Å². The second-order valence-corrected chi connectivity index (χ2v) is 9.88. The highest BCUT2D eigenvalue weighted by atomic mass is 32.2. The van der Waals surface area contributed by atoms with Gasteiger partial charge in [-0.3, -0.25) is 9.59 Å². The van der Waals surface area contributed by atoms with Crippen LogP contribution in [0.25, 0.3) is 0 Å². The van der Waals surface area contributed by atoms with Gasteiger partial charge in [0.05, 0.1) is 16.3 Å². The fourth-order valence-electron chi connectivity index (χ4n) is 3.61. The van der Waals surface area contributed by atoms with Crippen molar-refractivity contribution in [3.63, 3.8) is 0 Å². The van der Waals surface area contributed by atoms with Crippen LogP contribution >= 0.6 is 11.8 Å². The number of hydrogen-bond acceptors (Lipinski definition) is 5. The summed E-state index contributed by atoms with van der Waals surface area (Å²) < 4.78 is 27.1. The van der Waals surface area contributed by atoms with Crippen LogP contribution in [0.3, 0.4) is 0 Å². The number of anilines is 1. The van der Waals surface area contributed by atoms with E-state index in [4.69, 9.17) is 0 Å². The van der Waals surface area contributed by atoms with Crippen LogP contribution in [-0.2, 0) is 19.6 Å². The third-order valence-corrected chi connectivity index (χ3v) is 8.31. The van der Waals surface area contributed by atoms with Gasteiger partial charge in [-0.15, -0.1) is 11.8 Å². The van der Waals surface area contributed by atoms with Crippen molar-refractivity contribution in [2.75, 3.05) is 43.4 Å². The van der Waals surface area contributed by atoms with Crippen LogP contribution in [0, 0.1) is 0 Å². The van der Waals surface area contributed by atoms with Gasteiger partial charge in [0.1, 0.15) is 6.54 Å². The molecule has 0 N–H and O–H groups in total. The summed E-state index contributed by atoms with van der Waals surface area (Å²) in [5.74, 6) is 0.00532. The maximum absolute atomic E-state index is 12.9. The lowest BCUT2D eigenvalue weighted by Crippen LogP contribution is -2.46. The number of sulfonamides is 1. The summed E-state index contributed by atoms with van der Waals surface area (Å²) in [6.45, 7) is 5.74. The van der Waals surface area contributed by atoms with Gasteiger partial charge in [0.25, 0.3) is 0 Å². The Morgan fingerprint density at radius 2 is 1.82 bits per heavy atom. The Balaban J connectivity index is 1.91. The summed E-state index contributed by atoms with van der Waals surface area (Å²) >= 11 is 1.38. The van der Waals surface area contributed by atoms with Gasteiger partial charge in [0.2, 0.25) is 21.8 Å². The molecule has 2 heterocycles. The van der Waals surface area contributed by atoms with Crippen LogP contribution < -0.4 is 4.90 Å². The number of likely N-dealkylation sites (tertiary alicyclic amines) is 1. The predicted molar refractivity (Wildman–Crippen MR) is 110 cm³/mol. The Kier molecular flexibility index (Phi) is 6.67. The van der Waals surface area contributed by atoms with E-state index in [1.54, 1.807) is 30.9 Å². The Morgan fingerprint density at radius 3 is 2.46 bits per heavy atom. The highest BCUT2D eigenvalue weighted by Gasteiger charge is 2.31. The monoisotopic (exact) mass is 425 g/mol. The molecule has 28 heavy (non-hydrogen) atoms. The van der Waals surface area contributed by atoms with Crippen molar-refractivity contribution >= 4 is 39.3 Å². The van der Waals surface area contributed by atoms with E-state index in [-0.39, 0.29) is 29.0 Å². The van der Waals surface area contributed by atoms with Crippen molar-refractivity contribution in [3.8, 4) is 0 Å². The summed E-state index contributed by atoms with van der Waals surface area (Å²) in [5.41, 5.74) is 0.514. The highest BCUT2D eigenvalue weighted by molar-refractivity contribution is 8.00. The molecular weight excluding hydrogens is 398 g/mol. The van der Waals surface area contributed by atoms with Gasteiger partial charge < -0.3 is 9.80 Å². The molecule has 0 unspecified atom stereocenters. The first kappa shape index (κ1) is 21.1. The molecule has 0 spiro atoms. The van der Waals surface area contributed by atoms with Gasteiger partial charge in [0, 0.05) is 31.1 Å². The molecule has 3 rings (SSSR count). The smallest absolute Gasteiger partial charge is 0.243 e. The van der Waals surface area contributed by atoms with Gasteiger partial charge >= 0.3 is 0 Å². The fourth-order valence-corrected chi connectivity index (χ4v) is 6.00. The number of fused-ring (bicyclic) bond motifs is 1. The molecule has 1 aromatic carbocycles. The number of rotatable bonds is 6. The molecule has 7 nitrogen and oxygen atoms in total. The Hall–Kier alpha value is -1.58. The Morgan fingerprint density at radius 1 is 1.14 bits per heavy atom. The number of thioether (sulfide) groups is 1. The molecule has 0 saturated carbocycles. The number of nitrogens with zero attached hydrogens (tertiary/aromatic N) is 3. The topological polar surface area (TPSA) is 78.0 Å². The lowest BCUT2D eigenvalue weighted by Gasteiger charge is -2.33. The summed E-state index contributed by atoms with van der Waals surface area (Å²) in [6.07, 6.45) is 3.09. The number of benzene rings is 1. The molecule has 2 aliphatic heterocycles. The van der Waals surface area contributed by atoms with Crippen molar-refractivity contribution in [2.45, 2.75) is 42.9 Å². The van der Waals surface area contributed by atoms with E-state index in [1.165, 1.54) is 27.0 Å². The number of carbonyl (C=O) groups excluding carboxylic acids is 2. The summed E-state index contributed by atoms with van der Waals surface area (Å²) in [6, 6.07) is 4.86. The second kappa shape index (κ2) is 8.84. The number of hydrogen-bond donors (Lipinski definition) is 0. The maximum Gasteiger partial charge on any atom is 0.243 e. The van der Waals surface area contributed by atoms with Crippen molar-refractivity contribution in [2.24, 2.45) is 0 Å². The van der Waals surface area contributed by atoms with Gasteiger partial charge in [-0.1, -0.05) is 13.8 Å². The van der Waals surface area contributed by atoms with Crippen LogP contribution in [0.2, 0.25) is 0 Å². The molecule has 9 heteroatoms. The summed E-state index contributed by atoms with van der Waals surface area (Å²) in [7, 11) is -3.63. The van der Waals surface area contributed by atoms with E-state index >= 15 is 0 Å². The average molecular weight is 426 g/mol. The summed E-state index contributed by atoms with van der Waals surface area (Å²) in [5, 5.41) is 0. The minimum atomic E-state index is -3.63. The first-order valence-electron chi connectivity index (χ1n) is 9.73. The van der Waals surface area contributed by atoms with Gasteiger partial charge in [0.15, 0.2) is 0 Å². The minimum absolute atomic E-state index is 0.0405. The van der Waals surface area contributed by atoms with Crippen LogP contribution in [0.15, 0.2) is 28.0 Å². The molecule has 0 aliphatic carbocycles. The lowest BCUT2D eigenvalue weighted by atomic mass is 10.1. The molecule has 1 fully saturated rings. The first-order valence-corrected chi connectivity index (χ1v) is 12.2. The van der Waals surface area contributed by atoms with Crippen LogP contribution in [0.4, 0.5) is 5.69 Å². The van der Waals surface area contributed by atoms with E-state index in [0.717, 1.165) is 37.2 Å². The van der Waals surface area contributed by atoms with Crippen LogP contribution in [-0.4, -0.2) is 67.9 Å². The number of piperidine rings is 1. The maximum atomic E-state index is 12.9. The van der Waals surface area contributed by atoms with E-state index in [0.29, 0.717) is 18.8 Å². The highest BCUT2D eigenvalue weighted by Crippen LogP contribution is 2.37. The molecule has 0 radical (unpaired) electrons. The fraction of sp³-hybridized carbons (Fsp3) is 0.579. The van der Waals surface area contributed by atoms with Crippen molar-refractivity contribution in [1.82, 2.24) is 9.21 Å². The third-order valence-electron chi connectivity index (χ3n) is 5.22. The normalized spacial score (nSPS) is 17.8. The average Bonchev–Trinajstić information content (AvgIpc) is 2.71. The molecule has 1 aromatic rings. The van der Waals surface area contributed by atoms with E-state index < -0.39 is 10.0 Å². The molecule has 1 saturated heterocycles. The van der Waals surface area contributed by atoms with Crippen LogP contribution in [0.5, 0.6) is 0 Å². The number of amides is 2. The molecular formula is C19H27N3O4S2. The Bertz CT molecular complexity index is 847. The van der Waals surface area contributed by atoms with E-state index in [2.05, 4.69) is 0 Å². The van der Waals surface area contributed by atoms with Crippen molar-refractivity contribution in [1.29, 1.82) is 0 Å². The third kappa shape index (κ3) is 4.21. The molecule has 0 atom stereocenters. The lowest BCUT2D eigenvalue weighted by molar-refractivity contribution is -0.132. The van der Waals surface area contributed by atoms with Crippen molar-refractivity contribution in [3.05, 3.63) is 18.2 Å². The molecule has 0 aromatic heterocycles. The zero-order valence-corrected chi connectivity index (χ0v) is 18.0. The van der Waals surface area contributed by atoms with Gasteiger partial charge in [-0.05, 0) is 37.5 Å². The predicted octanol–water partition coefficient (Wildman–Crippen LogP) is 2.17. The first-order chi connectivity index (χ1) is 13.4. The summed E-state index contributed by atoms with van der Waals surface area (Å²) in [4.78, 5) is 29.5. The molecule has 2 aliphatic rings. The number of carbonyl (C=O) groups is 2. The zero-order valence-electron chi connectivity index (χ0n) is 16.4. The van der Waals surface area contributed by atoms with Crippen LogP contribution in [0.1, 0.15) is 33.1 Å². The molecule has 2 amide bonds. The van der Waals surface area contributed by atoms with E-state index in [9.17, 15) is 18.0 Å². The minimum Gasteiger partial charge on any atom is -0.341 e. The quantitative estimate of drug-likeness (QED) is 0.698. The standard InChI is InChI=1S/C19H27N3O4S2/c1-3-21(4-2)28(25,26)15-8-9-17-16(12-15)22(19(24)14-27-17)13-18(23)20-10-6-5-7-11-20/h8-9,12H,3-7,10-11,13-14H2,1-2H3. The second-order valence-electron chi connectivity index (χ2n) is 6.93. The molecule has 154 valence electrons. The zero-order chi connectivity index (χ0) is 20.3. The largest absolute Gasteiger partial charge is 0.341 e. The Labute approximate surface area is 171 Å². The molecule has 0 bridgehead atoms. The van der Waals surface area contributed by atoms with E-state index in [1.807, 2.05) is 0 Å². The SMILES string of the molecule is CCN(CC)S(=O)(=O)c1ccc2c(c1)N(CC(=O)N1CCCCC1)C(=O)CS2. The van der Waals surface area contributed by atoms with Gasteiger partial charge in [-0.25, -0.2) is 8.42 Å².